The van der Waals surface area contributed by atoms with Crippen molar-refractivity contribution in [3.63, 3.8) is 0 Å². The molecule has 1 aromatic carbocycles. The lowest BCUT2D eigenvalue weighted by Gasteiger charge is -2.23. The van der Waals surface area contributed by atoms with Gasteiger partial charge in [-0.05, 0) is 25.0 Å². The fourth-order valence-corrected chi connectivity index (χ4v) is 2.70. The molecule has 0 aromatic heterocycles. The first-order chi connectivity index (χ1) is 8.39. The third-order valence-corrected chi connectivity index (χ3v) is 4.47. The predicted molar refractivity (Wildman–Crippen MR) is 72.5 cm³/mol. The molecule has 0 amide bonds. The van der Waals surface area contributed by atoms with Crippen LogP contribution in [0.4, 0.5) is 0 Å². The summed E-state index contributed by atoms with van der Waals surface area (Å²) in [6.07, 6.45) is 0.224. The molecule has 0 radical (unpaired) electrons. The van der Waals surface area contributed by atoms with Gasteiger partial charge in [-0.3, -0.25) is 4.21 Å². The highest BCUT2D eigenvalue weighted by atomic mass is 32.2. The lowest BCUT2D eigenvalue weighted by molar-refractivity contribution is 0.0483. The Balaban J connectivity index is 2.67. The molecule has 0 aliphatic rings. The summed E-state index contributed by atoms with van der Waals surface area (Å²) in [6, 6.07) is 9.38. The molecule has 2 unspecified atom stereocenters. The Kier molecular flexibility index (Phi) is 5.06. The number of aryl methyl sites for hydroxylation is 1. The lowest BCUT2D eigenvalue weighted by atomic mass is 9.89. The van der Waals surface area contributed by atoms with E-state index in [0.717, 1.165) is 10.5 Å². The summed E-state index contributed by atoms with van der Waals surface area (Å²) < 4.78 is 12.0. The predicted octanol–water partition coefficient (Wildman–Crippen LogP) is 2.40. The van der Waals surface area contributed by atoms with E-state index < -0.39 is 16.4 Å². The maximum atomic E-state index is 12.0. The van der Waals surface area contributed by atoms with Crippen LogP contribution < -0.4 is 0 Å². The third-order valence-electron chi connectivity index (χ3n) is 3.10. The van der Waals surface area contributed by atoms with Crippen LogP contribution in [-0.4, -0.2) is 20.7 Å². The van der Waals surface area contributed by atoms with E-state index in [1.807, 2.05) is 37.3 Å². The molecule has 0 spiro atoms. The van der Waals surface area contributed by atoms with Crippen LogP contribution in [0.25, 0.3) is 0 Å². The minimum absolute atomic E-state index is 0.169. The number of hydrogen-bond acceptors (Lipinski definition) is 3. The average Bonchev–Trinajstić information content (AvgIpc) is 2.36. The van der Waals surface area contributed by atoms with Gasteiger partial charge in [0.25, 0.3) is 0 Å². The van der Waals surface area contributed by atoms with Crippen LogP contribution in [0.5, 0.6) is 0 Å². The Morgan fingerprint density at radius 2 is 1.94 bits per heavy atom. The summed E-state index contributed by atoms with van der Waals surface area (Å²) in [6.45, 7) is 5.55. The monoisotopic (exact) mass is 265 g/mol. The molecule has 1 rings (SSSR count). The summed E-state index contributed by atoms with van der Waals surface area (Å²) in [5.41, 5.74) is -0.271. The minimum atomic E-state index is -1.39. The van der Waals surface area contributed by atoms with Gasteiger partial charge in [-0.2, -0.15) is 5.26 Å². The van der Waals surface area contributed by atoms with E-state index in [4.69, 9.17) is 5.26 Å². The molecule has 0 saturated carbocycles. The van der Waals surface area contributed by atoms with Crippen molar-refractivity contribution in [2.24, 2.45) is 5.92 Å². The van der Waals surface area contributed by atoms with E-state index in [9.17, 15) is 9.32 Å². The molecule has 0 aliphatic carbocycles. The molecule has 0 heterocycles. The van der Waals surface area contributed by atoms with E-state index in [2.05, 4.69) is 0 Å². The van der Waals surface area contributed by atoms with Crippen molar-refractivity contribution >= 4 is 10.8 Å². The van der Waals surface area contributed by atoms with Gasteiger partial charge < -0.3 is 5.11 Å². The van der Waals surface area contributed by atoms with Crippen LogP contribution in [-0.2, 0) is 10.8 Å². The van der Waals surface area contributed by atoms with Gasteiger partial charge in [0.2, 0.25) is 0 Å². The number of nitriles is 1. The molecular weight excluding hydrogens is 246 g/mol. The highest BCUT2D eigenvalue weighted by molar-refractivity contribution is 7.85. The van der Waals surface area contributed by atoms with E-state index in [1.54, 1.807) is 13.8 Å². The Morgan fingerprint density at radius 1 is 1.39 bits per heavy atom. The topological polar surface area (TPSA) is 61.1 Å². The molecule has 0 bridgehead atoms. The quantitative estimate of drug-likeness (QED) is 0.832. The van der Waals surface area contributed by atoms with E-state index >= 15 is 0 Å². The first-order valence-electron chi connectivity index (χ1n) is 5.97. The number of benzene rings is 1. The lowest BCUT2D eigenvalue weighted by Crippen LogP contribution is -2.34. The van der Waals surface area contributed by atoms with E-state index in [0.29, 0.717) is 5.75 Å². The molecule has 0 aliphatic heterocycles. The molecule has 18 heavy (non-hydrogen) atoms. The highest BCUT2D eigenvalue weighted by Gasteiger charge is 2.31. The molecular formula is C14H19NO2S. The zero-order valence-electron chi connectivity index (χ0n) is 11.0. The molecule has 3 nitrogen and oxygen atoms in total. The molecule has 0 fully saturated rings. The van der Waals surface area contributed by atoms with Gasteiger partial charge in [0.1, 0.15) is 0 Å². The van der Waals surface area contributed by atoms with Crippen molar-refractivity contribution in [2.45, 2.75) is 37.7 Å². The van der Waals surface area contributed by atoms with Crippen LogP contribution in [0.1, 0.15) is 25.8 Å². The smallest absolute Gasteiger partial charge is 0.154 e. The summed E-state index contributed by atoms with van der Waals surface area (Å²) >= 11 is 0. The second-order valence-electron chi connectivity index (χ2n) is 4.80. The Morgan fingerprint density at radius 3 is 2.39 bits per heavy atom. The molecule has 98 valence electrons. The first kappa shape index (κ1) is 14.9. The van der Waals surface area contributed by atoms with Crippen molar-refractivity contribution in [1.29, 1.82) is 5.26 Å². The third kappa shape index (κ3) is 3.66. The Labute approximate surface area is 111 Å². The molecule has 0 saturated heterocycles. The first-order valence-corrected chi connectivity index (χ1v) is 7.29. The largest absolute Gasteiger partial charge is 0.375 e. The van der Waals surface area contributed by atoms with Crippen molar-refractivity contribution in [2.75, 3.05) is 5.75 Å². The fraction of sp³-hybridized carbons (Fsp3) is 0.500. The van der Waals surface area contributed by atoms with Crippen molar-refractivity contribution in [3.05, 3.63) is 29.8 Å². The summed E-state index contributed by atoms with van der Waals surface area (Å²) in [7, 11) is -1.17. The fourth-order valence-electron chi connectivity index (χ4n) is 1.53. The summed E-state index contributed by atoms with van der Waals surface area (Å²) in [5, 5.41) is 19.0. The van der Waals surface area contributed by atoms with Crippen molar-refractivity contribution < 1.29 is 9.32 Å². The zero-order valence-corrected chi connectivity index (χ0v) is 11.8. The highest BCUT2D eigenvalue weighted by Crippen LogP contribution is 2.21. The maximum Gasteiger partial charge on any atom is 0.154 e. The van der Waals surface area contributed by atoms with E-state index in [-0.39, 0.29) is 12.3 Å². The Hall–Kier alpha value is -1.18. The number of rotatable bonds is 5. The molecule has 4 heteroatoms. The number of nitrogens with zero attached hydrogens (tertiary/aromatic N) is 1. The molecule has 1 N–H and O–H groups in total. The average molecular weight is 265 g/mol. The van der Waals surface area contributed by atoms with Crippen LogP contribution in [0.3, 0.4) is 0 Å². The van der Waals surface area contributed by atoms with E-state index in [1.165, 1.54) is 0 Å². The second kappa shape index (κ2) is 6.12. The van der Waals surface area contributed by atoms with Gasteiger partial charge in [-0.1, -0.05) is 31.5 Å². The normalized spacial score (nSPS) is 16.0. The van der Waals surface area contributed by atoms with Gasteiger partial charge in [-0.15, -0.1) is 0 Å². The summed E-state index contributed by atoms with van der Waals surface area (Å²) in [4.78, 5) is 0.740. The van der Waals surface area contributed by atoms with Crippen LogP contribution in [0.2, 0.25) is 0 Å². The minimum Gasteiger partial charge on any atom is -0.375 e. The summed E-state index contributed by atoms with van der Waals surface area (Å²) in [5.74, 6) is 0.128. The van der Waals surface area contributed by atoms with Gasteiger partial charge >= 0.3 is 0 Å². The standard InChI is InChI=1S/C14H19NO2S/c1-11(2)14(16,10-15)8-9-18(17)13-6-4-12(3)5-7-13/h4-7,11,16H,8-9H2,1-3H3. The van der Waals surface area contributed by atoms with Crippen LogP contribution >= 0.6 is 0 Å². The van der Waals surface area contributed by atoms with Gasteiger partial charge in [0, 0.05) is 17.1 Å². The number of aliphatic hydroxyl groups is 1. The molecule has 1 aromatic rings. The maximum absolute atomic E-state index is 12.0. The molecule has 2 atom stereocenters. The van der Waals surface area contributed by atoms with Crippen LogP contribution in [0.15, 0.2) is 29.2 Å². The van der Waals surface area contributed by atoms with Crippen LogP contribution in [0, 0.1) is 24.2 Å². The van der Waals surface area contributed by atoms with Gasteiger partial charge in [0.05, 0.1) is 16.9 Å². The zero-order chi connectivity index (χ0) is 13.8. The second-order valence-corrected chi connectivity index (χ2v) is 6.37. The van der Waals surface area contributed by atoms with Crippen molar-refractivity contribution in [3.8, 4) is 6.07 Å². The Bertz CT molecular complexity index is 462. The van der Waals surface area contributed by atoms with Crippen molar-refractivity contribution in [1.82, 2.24) is 0 Å². The van der Waals surface area contributed by atoms with Gasteiger partial charge in [-0.25, -0.2) is 0 Å². The number of hydrogen-bond donors (Lipinski definition) is 1. The SMILES string of the molecule is Cc1ccc(S(=O)CCC(O)(C#N)C(C)C)cc1. The van der Waals surface area contributed by atoms with Gasteiger partial charge in [0.15, 0.2) is 5.60 Å².